The van der Waals surface area contributed by atoms with Crippen molar-refractivity contribution < 1.29 is 23.8 Å². The van der Waals surface area contributed by atoms with Gasteiger partial charge in [-0.2, -0.15) is 5.10 Å². The largest absolute Gasteiger partial charge is 0.497 e. The minimum Gasteiger partial charge on any atom is -0.497 e. The number of hydrogen-bond donors (Lipinski definition) is 2. The number of nitrogens with zero attached hydrogens (tertiary/aromatic N) is 1. The van der Waals surface area contributed by atoms with Gasteiger partial charge in [-0.25, -0.2) is 10.2 Å². The summed E-state index contributed by atoms with van der Waals surface area (Å²) in [5.41, 5.74) is 5.77. The Hall–Kier alpha value is -4.79. The maximum Gasteiger partial charge on any atom is 0.345 e. The fourth-order valence-corrected chi connectivity index (χ4v) is 4.82. The number of aromatic amines is 1. The van der Waals surface area contributed by atoms with Gasteiger partial charge in [-0.15, -0.1) is 0 Å². The lowest BCUT2D eigenvalue weighted by molar-refractivity contribution is 0.0728. The van der Waals surface area contributed by atoms with Crippen molar-refractivity contribution in [2.45, 2.75) is 6.92 Å². The number of amides is 1. The van der Waals surface area contributed by atoms with Crippen LogP contribution < -0.4 is 19.6 Å². The van der Waals surface area contributed by atoms with E-state index in [1.54, 1.807) is 61.7 Å². The molecule has 1 amide bonds. The molecular weight excluding hydrogens is 577 g/mol. The summed E-state index contributed by atoms with van der Waals surface area (Å²) >= 11 is 12.7. The van der Waals surface area contributed by atoms with Crippen molar-refractivity contribution >= 4 is 52.2 Å². The van der Waals surface area contributed by atoms with Crippen molar-refractivity contribution in [3.8, 4) is 28.4 Å². The van der Waals surface area contributed by atoms with Gasteiger partial charge in [0.05, 0.1) is 30.5 Å². The van der Waals surface area contributed by atoms with E-state index in [0.717, 1.165) is 10.9 Å². The molecule has 0 aliphatic heterocycles. The number of fused-ring (bicyclic) bond motifs is 1. The fraction of sp³-hybridized carbons (Fsp3) is 0.0938. The number of hydrazone groups is 1. The number of esters is 1. The summed E-state index contributed by atoms with van der Waals surface area (Å²) in [4.78, 5) is 29.2. The molecule has 5 aromatic rings. The maximum absolute atomic E-state index is 13.3. The first kappa shape index (κ1) is 28.7. The molecule has 5 rings (SSSR count). The molecule has 0 spiro atoms. The first-order valence-corrected chi connectivity index (χ1v) is 13.7. The predicted molar refractivity (Wildman–Crippen MR) is 164 cm³/mol. The molecule has 4 aromatic carbocycles. The second-order valence-corrected chi connectivity index (χ2v) is 9.79. The third kappa shape index (κ3) is 6.10. The van der Waals surface area contributed by atoms with E-state index in [1.165, 1.54) is 6.21 Å². The second kappa shape index (κ2) is 12.8. The van der Waals surface area contributed by atoms with E-state index in [4.69, 9.17) is 37.4 Å². The highest BCUT2D eigenvalue weighted by Crippen LogP contribution is 2.38. The zero-order valence-electron chi connectivity index (χ0n) is 22.6. The van der Waals surface area contributed by atoms with Gasteiger partial charge < -0.3 is 19.2 Å². The molecule has 42 heavy (non-hydrogen) atoms. The van der Waals surface area contributed by atoms with Gasteiger partial charge in [0.15, 0.2) is 11.5 Å². The lowest BCUT2D eigenvalue weighted by Gasteiger charge is -2.12. The molecule has 1 aromatic heterocycles. The number of ether oxygens (including phenoxy) is 3. The summed E-state index contributed by atoms with van der Waals surface area (Å²) < 4.78 is 16.6. The van der Waals surface area contributed by atoms with Crippen LogP contribution in [0.3, 0.4) is 0 Å². The first-order valence-electron chi connectivity index (χ1n) is 12.9. The second-order valence-electron chi connectivity index (χ2n) is 8.97. The molecule has 0 fully saturated rings. The van der Waals surface area contributed by atoms with Crippen LogP contribution in [0.4, 0.5) is 0 Å². The topological polar surface area (TPSA) is 102 Å². The summed E-state index contributed by atoms with van der Waals surface area (Å²) in [6.45, 7) is 2.15. The fourth-order valence-electron chi connectivity index (χ4n) is 4.37. The molecule has 2 N–H and O–H groups in total. The standard InChI is InChI=1S/C32H25Cl2N3O5/c1-3-41-28-16-19(12-15-27(28)42-32(39)22-9-5-7-11-25(22)34)18-35-37-31(38)30-29(21-8-4-6-10-24(21)33)23-17-20(40-2)13-14-26(23)36-30/h4-18,36H,3H2,1-2H3,(H,37,38). The Labute approximate surface area is 251 Å². The Morgan fingerprint density at radius 1 is 0.929 bits per heavy atom. The lowest BCUT2D eigenvalue weighted by atomic mass is 10.0. The van der Waals surface area contributed by atoms with Gasteiger partial charge in [0, 0.05) is 27.1 Å². The smallest absolute Gasteiger partial charge is 0.345 e. The van der Waals surface area contributed by atoms with Gasteiger partial charge >= 0.3 is 5.97 Å². The van der Waals surface area contributed by atoms with Crippen LogP contribution >= 0.6 is 23.2 Å². The molecule has 0 aliphatic rings. The van der Waals surface area contributed by atoms with Crippen LogP contribution in [0.5, 0.6) is 17.2 Å². The quantitative estimate of drug-likeness (QED) is 0.0786. The highest BCUT2D eigenvalue weighted by Gasteiger charge is 2.21. The average Bonchev–Trinajstić information content (AvgIpc) is 3.37. The Balaban J connectivity index is 1.39. The molecule has 0 saturated carbocycles. The van der Waals surface area contributed by atoms with Gasteiger partial charge in [0.25, 0.3) is 5.91 Å². The molecule has 0 bridgehead atoms. The van der Waals surface area contributed by atoms with E-state index in [9.17, 15) is 9.59 Å². The summed E-state index contributed by atoms with van der Waals surface area (Å²) in [5, 5.41) is 5.71. The van der Waals surface area contributed by atoms with Gasteiger partial charge in [-0.05, 0) is 67.1 Å². The summed E-state index contributed by atoms with van der Waals surface area (Å²) in [6, 6.07) is 24.3. The number of halogens is 2. The monoisotopic (exact) mass is 601 g/mol. The number of rotatable bonds is 9. The van der Waals surface area contributed by atoms with Crippen LogP contribution in [0.15, 0.2) is 90.0 Å². The van der Waals surface area contributed by atoms with Crippen molar-refractivity contribution in [3.63, 3.8) is 0 Å². The Morgan fingerprint density at radius 3 is 2.43 bits per heavy atom. The van der Waals surface area contributed by atoms with Crippen molar-refractivity contribution in [2.75, 3.05) is 13.7 Å². The van der Waals surface area contributed by atoms with Crippen molar-refractivity contribution in [1.29, 1.82) is 0 Å². The number of benzene rings is 4. The van der Waals surface area contributed by atoms with Crippen molar-refractivity contribution in [3.05, 3.63) is 112 Å². The third-order valence-electron chi connectivity index (χ3n) is 6.32. The van der Waals surface area contributed by atoms with E-state index in [0.29, 0.717) is 45.5 Å². The van der Waals surface area contributed by atoms with Crippen molar-refractivity contribution in [1.82, 2.24) is 10.4 Å². The molecule has 212 valence electrons. The number of carbonyl (C=O) groups excluding carboxylic acids is 2. The van der Waals surface area contributed by atoms with Crippen LogP contribution in [0.1, 0.15) is 33.3 Å². The molecule has 0 radical (unpaired) electrons. The Bertz CT molecular complexity index is 1820. The summed E-state index contributed by atoms with van der Waals surface area (Å²) in [7, 11) is 1.58. The number of nitrogens with one attached hydrogen (secondary N) is 2. The molecule has 0 atom stereocenters. The molecule has 10 heteroatoms. The average molecular weight is 602 g/mol. The van der Waals surface area contributed by atoms with Gasteiger partial charge in [0.2, 0.25) is 0 Å². The molecule has 0 aliphatic carbocycles. The molecule has 0 unspecified atom stereocenters. The summed E-state index contributed by atoms with van der Waals surface area (Å²) in [5.74, 6) is 0.123. The number of carbonyl (C=O) groups is 2. The zero-order valence-corrected chi connectivity index (χ0v) is 24.1. The van der Waals surface area contributed by atoms with Crippen LogP contribution in [0, 0.1) is 0 Å². The Morgan fingerprint density at radius 2 is 1.69 bits per heavy atom. The minimum absolute atomic E-state index is 0.223. The number of methoxy groups -OCH3 is 1. The van der Waals surface area contributed by atoms with Gasteiger partial charge in [-0.3, -0.25) is 4.79 Å². The van der Waals surface area contributed by atoms with E-state index in [1.807, 2.05) is 37.3 Å². The summed E-state index contributed by atoms with van der Waals surface area (Å²) in [6.07, 6.45) is 1.46. The van der Waals surface area contributed by atoms with Gasteiger partial charge in [-0.1, -0.05) is 53.5 Å². The predicted octanol–water partition coefficient (Wildman–Crippen LogP) is 7.53. The number of hydrogen-bond acceptors (Lipinski definition) is 6. The van der Waals surface area contributed by atoms with Gasteiger partial charge in [0.1, 0.15) is 11.4 Å². The first-order chi connectivity index (χ1) is 20.4. The lowest BCUT2D eigenvalue weighted by Crippen LogP contribution is -2.19. The van der Waals surface area contributed by atoms with E-state index >= 15 is 0 Å². The normalized spacial score (nSPS) is 11.0. The zero-order chi connectivity index (χ0) is 29.6. The molecule has 1 heterocycles. The van der Waals surface area contributed by atoms with E-state index < -0.39 is 11.9 Å². The molecule has 8 nitrogen and oxygen atoms in total. The molecular formula is C32H25Cl2N3O5. The van der Waals surface area contributed by atoms with Crippen LogP contribution in [-0.4, -0.2) is 36.8 Å². The van der Waals surface area contributed by atoms with E-state index in [2.05, 4.69) is 15.5 Å². The third-order valence-corrected chi connectivity index (χ3v) is 6.98. The molecule has 0 saturated heterocycles. The minimum atomic E-state index is -0.611. The Kier molecular flexibility index (Phi) is 8.76. The number of H-pyrrole nitrogens is 1. The van der Waals surface area contributed by atoms with Crippen LogP contribution in [-0.2, 0) is 0 Å². The van der Waals surface area contributed by atoms with Crippen LogP contribution in [0.2, 0.25) is 10.0 Å². The number of aromatic nitrogens is 1. The van der Waals surface area contributed by atoms with Crippen molar-refractivity contribution in [2.24, 2.45) is 5.10 Å². The van der Waals surface area contributed by atoms with Crippen LogP contribution in [0.25, 0.3) is 22.0 Å². The highest BCUT2D eigenvalue weighted by atomic mass is 35.5. The highest BCUT2D eigenvalue weighted by molar-refractivity contribution is 6.34. The van der Waals surface area contributed by atoms with E-state index in [-0.39, 0.29) is 16.3 Å². The maximum atomic E-state index is 13.3. The SMILES string of the molecule is CCOc1cc(C=NNC(=O)c2[nH]c3ccc(OC)cc3c2-c2ccccc2Cl)ccc1OC(=O)c1ccccc1Cl.